The SMILES string of the molecule is C=C[C@@H](OC(C)=O)[C@H](CNC(C)=O)OC(C)=O. The predicted molar refractivity (Wildman–Crippen MR) is 60.0 cm³/mol. The van der Waals surface area contributed by atoms with Crippen molar-refractivity contribution in [3.05, 3.63) is 12.7 Å². The van der Waals surface area contributed by atoms with Crippen molar-refractivity contribution in [2.24, 2.45) is 0 Å². The summed E-state index contributed by atoms with van der Waals surface area (Å²) in [5, 5.41) is 2.48. The molecule has 0 spiro atoms. The maximum atomic E-state index is 10.9. The third-order valence-corrected chi connectivity index (χ3v) is 1.77. The molecule has 0 saturated heterocycles. The Labute approximate surface area is 100.0 Å². The van der Waals surface area contributed by atoms with Gasteiger partial charge in [0, 0.05) is 20.8 Å². The molecule has 0 bridgehead atoms. The molecular formula is C11H17NO5. The van der Waals surface area contributed by atoms with Crippen LogP contribution in [0.4, 0.5) is 0 Å². The molecule has 0 heterocycles. The number of hydrogen-bond donors (Lipinski definition) is 1. The first-order valence-electron chi connectivity index (χ1n) is 5.08. The van der Waals surface area contributed by atoms with Crippen LogP contribution in [0.1, 0.15) is 20.8 Å². The van der Waals surface area contributed by atoms with Crippen LogP contribution in [0, 0.1) is 0 Å². The molecule has 0 rings (SSSR count). The fraction of sp³-hybridized carbons (Fsp3) is 0.545. The number of amides is 1. The normalized spacial score (nSPS) is 13.1. The molecule has 0 unspecified atom stereocenters. The first-order valence-corrected chi connectivity index (χ1v) is 5.08. The maximum absolute atomic E-state index is 10.9. The van der Waals surface area contributed by atoms with Gasteiger partial charge in [0.15, 0.2) is 12.2 Å². The Morgan fingerprint density at radius 3 is 2.06 bits per heavy atom. The second-order valence-corrected chi connectivity index (χ2v) is 3.39. The van der Waals surface area contributed by atoms with Gasteiger partial charge in [-0.05, 0) is 6.08 Å². The largest absolute Gasteiger partial charge is 0.456 e. The zero-order valence-electron chi connectivity index (χ0n) is 10.2. The highest BCUT2D eigenvalue weighted by Gasteiger charge is 2.24. The molecule has 0 aliphatic carbocycles. The van der Waals surface area contributed by atoms with Gasteiger partial charge in [0.1, 0.15) is 0 Å². The molecule has 0 fully saturated rings. The van der Waals surface area contributed by atoms with Crippen LogP contribution in [-0.4, -0.2) is 36.6 Å². The first kappa shape index (κ1) is 15.2. The Bertz CT molecular complexity index is 313. The van der Waals surface area contributed by atoms with Crippen molar-refractivity contribution in [3.8, 4) is 0 Å². The van der Waals surface area contributed by atoms with Gasteiger partial charge in [-0.3, -0.25) is 14.4 Å². The van der Waals surface area contributed by atoms with E-state index in [1.54, 1.807) is 0 Å². The Hall–Kier alpha value is -1.85. The maximum Gasteiger partial charge on any atom is 0.303 e. The van der Waals surface area contributed by atoms with Gasteiger partial charge in [-0.15, -0.1) is 0 Å². The summed E-state index contributed by atoms with van der Waals surface area (Å²) >= 11 is 0. The Morgan fingerprint density at radius 2 is 1.71 bits per heavy atom. The summed E-state index contributed by atoms with van der Waals surface area (Å²) in [6, 6.07) is 0. The predicted octanol–water partition coefficient (Wildman–Crippen LogP) is 0.172. The number of nitrogens with one attached hydrogen (secondary N) is 1. The summed E-state index contributed by atoms with van der Waals surface area (Å²) in [5.41, 5.74) is 0. The van der Waals surface area contributed by atoms with E-state index < -0.39 is 24.1 Å². The summed E-state index contributed by atoms with van der Waals surface area (Å²) in [4.78, 5) is 32.5. The van der Waals surface area contributed by atoms with Crippen molar-refractivity contribution in [3.63, 3.8) is 0 Å². The van der Waals surface area contributed by atoms with Crippen LogP contribution < -0.4 is 5.32 Å². The van der Waals surface area contributed by atoms with Crippen LogP contribution in [0.5, 0.6) is 0 Å². The fourth-order valence-electron chi connectivity index (χ4n) is 1.15. The van der Waals surface area contributed by atoms with Crippen molar-refractivity contribution in [2.45, 2.75) is 33.0 Å². The van der Waals surface area contributed by atoms with Crippen molar-refractivity contribution >= 4 is 17.8 Å². The number of rotatable bonds is 6. The molecule has 17 heavy (non-hydrogen) atoms. The smallest absolute Gasteiger partial charge is 0.303 e. The van der Waals surface area contributed by atoms with Crippen molar-refractivity contribution in [2.75, 3.05) is 6.54 Å². The Kier molecular flexibility index (Phi) is 6.62. The van der Waals surface area contributed by atoms with Crippen LogP contribution in [-0.2, 0) is 23.9 Å². The quantitative estimate of drug-likeness (QED) is 0.531. The molecule has 2 atom stereocenters. The molecule has 0 aromatic heterocycles. The third kappa shape index (κ3) is 7.10. The van der Waals surface area contributed by atoms with E-state index in [2.05, 4.69) is 11.9 Å². The lowest BCUT2D eigenvalue weighted by Gasteiger charge is -2.23. The average Bonchev–Trinajstić information content (AvgIpc) is 2.20. The van der Waals surface area contributed by atoms with Gasteiger partial charge in [0.05, 0.1) is 6.54 Å². The minimum absolute atomic E-state index is 0.0544. The van der Waals surface area contributed by atoms with Crippen LogP contribution in [0.25, 0.3) is 0 Å². The number of carbonyl (C=O) groups excluding carboxylic acids is 3. The Balaban J connectivity index is 4.60. The van der Waals surface area contributed by atoms with Gasteiger partial charge >= 0.3 is 11.9 Å². The van der Waals surface area contributed by atoms with Crippen molar-refractivity contribution in [1.82, 2.24) is 5.32 Å². The molecule has 0 aliphatic heterocycles. The monoisotopic (exact) mass is 243 g/mol. The van der Waals surface area contributed by atoms with Crippen LogP contribution in [0.15, 0.2) is 12.7 Å². The summed E-state index contributed by atoms with van der Waals surface area (Å²) in [5.74, 6) is -1.32. The third-order valence-electron chi connectivity index (χ3n) is 1.77. The van der Waals surface area contributed by atoms with E-state index in [0.717, 1.165) is 0 Å². The van der Waals surface area contributed by atoms with E-state index in [4.69, 9.17) is 9.47 Å². The molecule has 6 heteroatoms. The molecule has 1 amide bonds. The standard InChI is InChI=1S/C11H17NO5/c1-5-10(16-8(3)14)11(17-9(4)15)6-12-7(2)13/h5,10-11H,1,6H2,2-4H3,(H,12,13)/t10-,11+/m1/s1. The second kappa shape index (κ2) is 7.43. The molecule has 0 aliphatic rings. The first-order chi connectivity index (χ1) is 7.86. The molecule has 96 valence electrons. The minimum Gasteiger partial charge on any atom is -0.456 e. The van der Waals surface area contributed by atoms with E-state index in [1.165, 1.54) is 26.8 Å². The van der Waals surface area contributed by atoms with Gasteiger partial charge < -0.3 is 14.8 Å². The number of esters is 2. The summed E-state index contributed by atoms with van der Waals surface area (Å²) < 4.78 is 9.86. The van der Waals surface area contributed by atoms with Gasteiger partial charge in [-0.1, -0.05) is 6.58 Å². The Morgan fingerprint density at radius 1 is 1.18 bits per heavy atom. The van der Waals surface area contributed by atoms with E-state index in [1.807, 2.05) is 0 Å². The molecule has 1 N–H and O–H groups in total. The van der Waals surface area contributed by atoms with Gasteiger partial charge in [0.2, 0.25) is 5.91 Å². The highest BCUT2D eigenvalue weighted by Crippen LogP contribution is 2.06. The zero-order chi connectivity index (χ0) is 13.4. The van der Waals surface area contributed by atoms with Gasteiger partial charge in [-0.2, -0.15) is 0 Å². The summed E-state index contributed by atoms with van der Waals surface area (Å²) in [7, 11) is 0. The number of ether oxygens (including phenoxy) is 2. The zero-order valence-corrected chi connectivity index (χ0v) is 10.2. The highest BCUT2D eigenvalue weighted by molar-refractivity contribution is 5.73. The molecule has 0 aromatic rings. The minimum atomic E-state index is -0.789. The summed E-state index contributed by atoms with van der Waals surface area (Å²) in [6.07, 6.45) is -0.224. The van der Waals surface area contributed by atoms with Crippen LogP contribution in [0.2, 0.25) is 0 Å². The van der Waals surface area contributed by atoms with Crippen molar-refractivity contribution < 1.29 is 23.9 Å². The lowest BCUT2D eigenvalue weighted by Crippen LogP contribution is -2.42. The van der Waals surface area contributed by atoms with E-state index >= 15 is 0 Å². The fourth-order valence-corrected chi connectivity index (χ4v) is 1.15. The summed E-state index contributed by atoms with van der Waals surface area (Å²) in [6.45, 7) is 7.34. The molecule has 0 aromatic carbocycles. The lowest BCUT2D eigenvalue weighted by atomic mass is 10.2. The topological polar surface area (TPSA) is 81.7 Å². The number of hydrogen-bond acceptors (Lipinski definition) is 5. The van der Waals surface area contributed by atoms with Crippen LogP contribution in [0.3, 0.4) is 0 Å². The van der Waals surface area contributed by atoms with E-state index in [-0.39, 0.29) is 12.5 Å². The molecular weight excluding hydrogens is 226 g/mol. The molecule has 0 saturated carbocycles. The van der Waals surface area contributed by atoms with Gasteiger partial charge in [-0.25, -0.2) is 0 Å². The highest BCUT2D eigenvalue weighted by atomic mass is 16.6. The number of carbonyl (C=O) groups is 3. The van der Waals surface area contributed by atoms with Crippen LogP contribution >= 0.6 is 0 Å². The molecule has 6 nitrogen and oxygen atoms in total. The second-order valence-electron chi connectivity index (χ2n) is 3.39. The average molecular weight is 243 g/mol. The lowest BCUT2D eigenvalue weighted by molar-refractivity contribution is -0.161. The van der Waals surface area contributed by atoms with Crippen molar-refractivity contribution in [1.29, 1.82) is 0 Å². The van der Waals surface area contributed by atoms with E-state index in [0.29, 0.717) is 0 Å². The molecule has 0 radical (unpaired) electrons. The van der Waals surface area contributed by atoms with Gasteiger partial charge in [0.25, 0.3) is 0 Å². The van der Waals surface area contributed by atoms with E-state index in [9.17, 15) is 14.4 Å².